The first kappa shape index (κ1) is 14.7. The van der Waals surface area contributed by atoms with Gasteiger partial charge >= 0.3 is 0 Å². The normalized spacial score (nSPS) is 9.95. The van der Waals surface area contributed by atoms with E-state index in [9.17, 15) is 9.59 Å². The minimum Gasteiger partial charge on any atom is -0.380 e. The van der Waals surface area contributed by atoms with Crippen LogP contribution in [0, 0.1) is 0 Å². The van der Waals surface area contributed by atoms with Gasteiger partial charge in [-0.05, 0) is 29.8 Å². The Morgan fingerprint density at radius 1 is 0.905 bits per heavy atom. The summed E-state index contributed by atoms with van der Waals surface area (Å²) in [5.41, 5.74) is 6.59. The van der Waals surface area contributed by atoms with E-state index in [1.165, 1.54) is 0 Å². The summed E-state index contributed by atoms with van der Waals surface area (Å²) < 4.78 is 5.02. The molecule has 0 bridgehead atoms. The van der Waals surface area contributed by atoms with Crippen LogP contribution in [-0.2, 0) is 11.3 Å². The molecular weight excluding hydrogens is 268 g/mol. The number of methoxy groups -OCH3 is 1. The predicted molar refractivity (Wildman–Crippen MR) is 78.5 cm³/mol. The molecule has 2 aromatic rings. The van der Waals surface area contributed by atoms with Gasteiger partial charge in [-0.3, -0.25) is 20.4 Å². The molecule has 2 aromatic carbocycles. The molecule has 0 heterocycles. The molecule has 2 amide bonds. The van der Waals surface area contributed by atoms with Crippen LogP contribution < -0.4 is 10.9 Å². The number of hydrazine groups is 1. The highest BCUT2D eigenvalue weighted by molar-refractivity contribution is 5.99. The molecule has 21 heavy (non-hydrogen) atoms. The predicted octanol–water partition coefficient (Wildman–Crippen LogP) is 1.91. The highest BCUT2D eigenvalue weighted by Crippen LogP contribution is 2.06. The quantitative estimate of drug-likeness (QED) is 0.843. The van der Waals surface area contributed by atoms with Crippen molar-refractivity contribution in [1.82, 2.24) is 10.9 Å². The molecule has 0 aromatic heterocycles. The number of benzene rings is 2. The van der Waals surface area contributed by atoms with E-state index in [4.69, 9.17) is 4.74 Å². The largest absolute Gasteiger partial charge is 0.380 e. The summed E-state index contributed by atoms with van der Waals surface area (Å²) in [5.74, 6) is -0.741. The maximum atomic E-state index is 12.0. The van der Waals surface area contributed by atoms with E-state index < -0.39 is 0 Å². The van der Waals surface area contributed by atoms with Crippen molar-refractivity contribution in [3.63, 3.8) is 0 Å². The summed E-state index contributed by atoms with van der Waals surface area (Å²) in [5, 5.41) is 0. The number of carbonyl (C=O) groups is 2. The van der Waals surface area contributed by atoms with E-state index in [2.05, 4.69) is 10.9 Å². The fraction of sp³-hybridized carbons (Fsp3) is 0.125. The van der Waals surface area contributed by atoms with Gasteiger partial charge in [-0.25, -0.2) is 0 Å². The van der Waals surface area contributed by atoms with Crippen LogP contribution in [0.1, 0.15) is 26.3 Å². The van der Waals surface area contributed by atoms with Gasteiger partial charge in [0.2, 0.25) is 0 Å². The van der Waals surface area contributed by atoms with Crippen LogP contribution in [0.3, 0.4) is 0 Å². The fourth-order valence-electron chi connectivity index (χ4n) is 1.82. The van der Waals surface area contributed by atoms with Gasteiger partial charge in [0.15, 0.2) is 0 Å². The van der Waals surface area contributed by atoms with E-state index in [0.717, 1.165) is 5.56 Å². The van der Waals surface area contributed by atoms with Crippen LogP contribution in [0.15, 0.2) is 54.6 Å². The van der Waals surface area contributed by atoms with Gasteiger partial charge in [0.05, 0.1) is 6.61 Å². The van der Waals surface area contributed by atoms with E-state index in [1.807, 2.05) is 12.1 Å². The number of amides is 2. The molecule has 5 nitrogen and oxygen atoms in total. The number of nitrogens with one attached hydrogen (secondary N) is 2. The third-order valence-corrected chi connectivity index (χ3v) is 2.83. The molecular formula is C16H16N2O3. The lowest BCUT2D eigenvalue weighted by Gasteiger charge is -2.08. The monoisotopic (exact) mass is 284 g/mol. The van der Waals surface area contributed by atoms with Gasteiger partial charge in [-0.2, -0.15) is 0 Å². The van der Waals surface area contributed by atoms with Gasteiger partial charge in [-0.15, -0.1) is 0 Å². The van der Waals surface area contributed by atoms with Crippen molar-refractivity contribution in [1.29, 1.82) is 0 Å². The molecule has 108 valence electrons. The smallest absolute Gasteiger partial charge is 0.269 e. The van der Waals surface area contributed by atoms with E-state index in [0.29, 0.717) is 17.7 Å². The number of hydrogen-bond donors (Lipinski definition) is 2. The number of rotatable bonds is 4. The lowest BCUT2D eigenvalue weighted by molar-refractivity contribution is 0.0846. The Labute approximate surface area is 122 Å². The Balaban J connectivity index is 1.96. The van der Waals surface area contributed by atoms with Crippen LogP contribution >= 0.6 is 0 Å². The SMILES string of the molecule is COCc1cccc(C(=O)NNC(=O)c2ccccc2)c1. The van der Waals surface area contributed by atoms with Crippen molar-refractivity contribution in [2.24, 2.45) is 0 Å². The van der Waals surface area contributed by atoms with Crippen molar-refractivity contribution in [2.75, 3.05) is 7.11 Å². The van der Waals surface area contributed by atoms with Crippen LogP contribution in [0.5, 0.6) is 0 Å². The van der Waals surface area contributed by atoms with Crippen LogP contribution in [0.2, 0.25) is 0 Å². The summed E-state index contributed by atoms with van der Waals surface area (Å²) in [7, 11) is 1.59. The maximum absolute atomic E-state index is 12.0. The van der Waals surface area contributed by atoms with Crippen LogP contribution in [0.4, 0.5) is 0 Å². The molecule has 0 unspecified atom stereocenters. The third kappa shape index (κ3) is 4.15. The highest BCUT2D eigenvalue weighted by Gasteiger charge is 2.09. The zero-order valence-corrected chi connectivity index (χ0v) is 11.6. The molecule has 2 N–H and O–H groups in total. The molecule has 0 aliphatic carbocycles. The lowest BCUT2D eigenvalue weighted by atomic mass is 10.1. The zero-order chi connectivity index (χ0) is 15.1. The first-order valence-electron chi connectivity index (χ1n) is 6.44. The first-order chi connectivity index (χ1) is 10.2. The van der Waals surface area contributed by atoms with E-state index in [-0.39, 0.29) is 11.8 Å². The van der Waals surface area contributed by atoms with Crippen LogP contribution in [-0.4, -0.2) is 18.9 Å². The minimum atomic E-state index is -0.378. The number of hydrogen-bond acceptors (Lipinski definition) is 3. The molecule has 0 saturated heterocycles. The topological polar surface area (TPSA) is 67.4 Å². The first-order valence-corrected chi connectivity index (χ1v) is 6.44. The summed E-state index contributed by atoms with van der Waals surface area (Å²) in [4.78, 5) is 23.8. The fourth-order valence-corrected chi connectivity index (χ4v) is 1.82. The summed E-state index contributed by atoms with van der Waals surface area (Å²) in [6.07, 6.45) is 0. The van der Waals surface area contributed by atoms with Gasteiger partial charge < -0.3 is 4.74 Å². The number of ether oxygens (including phenoxy) is 1. The van der Waals surface area contributed by atoms with Crippen molar-refractivity contribution < 1.29 is 14.3 Å². The second-order valence-corrected chi connectivity index (χ2v) is 4.41. The Hall–Kier alpha value is -2.66. The standard InChI is InChI=1S/C16H16N2O3/c1-21-11-12-6-5-9-14(10-12)16(20)18-17-15(19)13-7-3-2-4-8-13/h2-10H,11H2,1H3,(H,17,19)(H,18,20). The van der Waals surface area contributed by atoms with Crippen molar-refractivity contribution in [2.45, 2.75) is 6.61 Å². The molecule has 0 atom stereocenters. The third-order valence-electron chi connectivity index (χ3n) is 2.83. The molecule has 0 aliphatic rings. The van der Waals surface area contributed by atoms with E-state index >= 15 is 0 Å². The zero-order valence-electron chi connectivity index (χ0n) is 11.6. The molecule has 0 fully saturated rings. The Morgan fingerprint density at radius 2 is 1.52 bits per heavy atom. The maximum Gasteiger partial charge on any atom is 0.269 e. The van der Waals surface area contributed by atoms with Gasteiger partial charge in [0, 0.05) is 18.2 Å². The molecule has 2 rings (SSSR count). The van der Waals surface area contributed by atoms with Gasteiger partial charge in [0.1, 0.15) is 0 Å². The summed E-state index contributed by atoms with van der Waals surface area (Å²) in [6, 6.07) is 15.7. The summed E-state index contributed by atoms with van der Waals surface area (Å²) in [6.45, 7) is 0.428. The summed E-state index contributed by atoms with van der Waals surface area (Å²) >= 11 is 0. The molecule has 0 radical (unpaired) electrons. The Morgan fingerprint density at radius 3 is 2.19 bits per heavy atom. The second-order valence-electron chi connectivity index (χ2n) is 4.41. The molecule has 0 spiro atoms. The van der Waals surface area contributed by atoms with E-state index in [1.54, 1.807) is 49.6 Å². The second kappa shape index (κ2) is 7.21. The van der Waals surface area contributed by atoms with Crippen molar-refractivity contribution in [3.8, 4) is 0 Å². The number of carbonyl (C=O) groups excluding carboxylic acids is 2. The molecule has 0 aliphatic heterocycles. The molecule has 5 heteroatoms. The Bertz CT molecular complexity index is 626. The minimum absolute atomic E-state index is 0.364. The van der Waals surface area contributed by atoms with Gasteiger partial charge in [-0.1, -0.05) is 30.3 Å². The lowest BCUT2D eigenvalue weighted by Crippen LogP contribution is -2.41. The van der Waals surface area contributed by atoms with Crippen molar-refractivity contribution in [3.05, 3.63) is 71.3 Å². The van der Waals surface area contributed by atoms with Crippen molar-refractivity contribution >= 4 is 11.8 Å². The van der Waals surface area contributed by atoms with Gasteiger partial charge in [0.25, 0.3) is 11.8 Å². The average Bonchev–Trinajstić information content (AvgIpc) is 2.53. The highest BCUT2D eigenvalue weighted by atomic mass is 16.5. The molecule has 0 saturated carbocycles. The Kier molecular flexibility index (Phi) is 5.06. The van der Waals surface area contributed by atoms with Crippen LogP contribution in [0.25, 0.3) is 0 Å². The average molecular weight is 284 g/mol.